The average Bonchev–Trinajstić information content (AvgIpc) is 3.02. The molecule has 0 radical (unpaired) electrons. The molecule has 1 atom stereocenters. The molecular formula is C20H27N3O3. The van der Waals surface area contributed by atoms with Crippen molar-refractivity contribution in [3.05, 3.63) is 47.7 Å². The fourth-order valence-corrected chi connectivity index (χ4v) is 3.90. The van der Waals surface area contributed by atoms with Crippen LogP contribution in [0.15, 0.2) is 40.9 Å². The zero-order valence-electron chi connectivity index (χ0n) is 15.6. The van der Waals surface area contributed by atoms with Crippen molar-refractivity contribution in [3.63, 3.8) is 0 Å². The van der Waals surface area contributed by atoms with Gasteiger partial charge in [0.2, 0.25) is 0 Å². The van der Waals surface area contributed by atoms with Gasteiger partial charge in [-0.2, -0.15) is 0 Å². The summed E-state index contributed by atoms with van der Waals surface area (Å²) in [5.41, 5.74) is 1.36. The zero-order valence-corrected chi connectivity index (χ0v) is 15.6. The van der Waals surface area contributed by atoms with E-state index in [1.54, 1.807) is 13.0 Å². The minimum atomic E-state index is -0.464. The van der Waals surface area contributed by atoms with Crippen molar-refractivity contribution in [2.45, 2.75) is 44.7 Å². The standard InChI is InChI=1S/C20H27N3O3/c1-14-13-18(22-26-14)25-20(24)21-17-11-9-16(10-12-17)19(23(2)3)15-7-5-4-6-8-15/h4-8,13,16-17,19H,9-12H2,1-3H3,(H,21,24). The fraction of sp³-hybridized carbons (Fsp3) is 0.500. The molecule has 1 aliphatic carbocycles. The third kappa shape index (κ3) is 4.64. The number of hydrogen-bond acceptors (Lipinski definition) is 5. The van der Waals surface area contributed by atoms with Crippen molar-refractivity contribution in [1.29, 1.82) is 0 Å². The van der Waals surface area contributed by atoms with Gasteiger partial charge in [0.25, 0.3) is 5.88 Å². The molecule has 1 aliphatic rings. The first-order valence-electron chi connectivity index (χ1n) is 9.16. The first-order valence-corrected chi connectivity index (χ1v) is 9.16. The van der Waals surface area contributed by atoms with Gasteiger partial charge in [0.05, 0.1) is 0 Å². The van der Waals surface area contributed by atoms with Crippen LogP contribution in [0.2, 0.25) is 0 Å². The lowest BCUT2D eigenvalue weighted by Gasteiger charge is -2.37. The van der Waals surface area contributed by atoms with Crippen LogP contribution in [0, 0.1) is 12.8 Å². The van der Waals surface area contributed by atoms with Gasteiger partial charge in [-0.1, -0.05) is 30.3 Å². The number of aryl methyl sites for hydroxylation is 1. The Labute approximate surface area is 154 Å². The number of nitrogens with one attached hydrogen (secondary N) is 1. The molecule has 0 saturated heterocycles. The third-order valence-electron chi connectivity index (χ3n) is 5.04. The number of carbonyl (C=O) groups is 1. The van der Waals surface area contributed by atoms with Crippen LogP contribution in [0.5, 0.6) is 5.88 Å². The number of rotatable bonds is 5. The summed E-state index contributed by atoms with van der Waals surface area (Å²) in [4.78, 5) is 14.3. The third-order valence-corrected chi connectivity index (χ3v) is 5.04. The van der Waals surface area contributed by atoms with Crippen LogP contribution in [0.25, 0.3) is 0 Å². The topological polar surface area (TPSA) is 67.6 Å². The Balaban J connectivity index is 1.52. The van der Waals surface area contributed by atoms with Crippen LogP contribution in [0.1, 0.15) is 43.0 Å². The Morgan fingerprint density at radius 3 is 2.50 bits per heavy atom. The Hall–Kier alpha value is -2.34. The maximum Gasteiger partial charge on any atom is 0.414 e. The van der Waals surface area contributed by atoms with Crippen LogP contribution in [0.3, 0.4) is 0 Å². The van der Waals surface area contributed by atoms with Gasteiger partial charge in [-0.3, -0.25) is 0 Å². The predicted molar refractivity (Wildman–Crippen MR) is 99.0 cm³/mol. The molecule has 6 nitrogen and oxygen atoms in total. The second-order valence-corrected chi connectivity index (χ2v) is 7.24. The van der Waals surface area contributed by atoms with Crippen LogP contribution < -0.4 is 10.1 Å². The molecule has 1 amide bonds. The van der Waals surface area contributed by atoms with E-state index in [2.05, 4.69) is 59.8 Å². The smallest absolute Gasteiger partial charge is 0.388 e. The van der Waals surface area contributed by atoms with Gasteiger partial charge >= 0.3 is 6.09 Å². The summed E-state index contributed by atoms with van der Waals surface area (Å²) >= 11 is 0. The van der Waals surface area contributed by atoms with E-state index in [4.69, 9.17) is 9.26 Å². The quantitative estimate of drug-likeness (QED) is 0.878. The minimum absolute atomic E-state index is 0.144. The molecule has 0 spiro atoms. The molecule has 140 valence electrons. The van der Waals surface area contributed by atoms with Crippen LogP contribution >= 0.6 is 0 Å². The summed E-state index contributed by atoms with van der Waals surface area (Å²) in [6.45, 7) is 1.76. The van der Waals surface area contributed by atoms with Crippen molar-refractivity contribution in [3.8, 4) is 5.88 Å². The van der Waals surface area contributed by atoms with Gasteiger partial charge < -0.3 is 19.5 Å². The SMILES string of the molecule is Cc1cc(OC(=O)NC2CCC(C(c3ccccc3)N(C)C)CC2)no1. The molecule has 1 heterocycles. The predicted octanol–water partition coefficient (Wildman–Crippen LogP) is 3.93. The largest absolute Gasteiger partial charge is 0.414 e. The molecule has 2 aromatic rings. The number of benzene rings is 1. The molecule has 0 bridgehead atoms. The lowest BCUT2D eigenvalue weighted by Crippen LogP contribution is -2.41. The first-order chi connectivity index (χ1) is 12.5. The molecule has 1 N–H and O–H groups in total. The molecule has 1 fully saturated rings. The fourth-order valence-electron chi connectivity index (χ4n) is 3.90. The highest BCUT2D eigenvalue weighted by Crippen LogP contribution is 2.37. The van der Waals surface area contributed by atoms with E-state index in [9.17, 15) is 4.79 Å². The van der Waals surface area contributed by atoms with Gasteiger partial charge in [0.1, 0.15) is 5.76 Å². The molecule has 1 aromatic heterocycles. The highest BCUT2D eigenvalue weighted by atomic mass is 16.6. The van der Waals surface area contributed by atoms with Gasteiger partial charge in [0, 0.05) is 18.2 Å². The second-order valence-electron chi connectivity index (χ2n) is 7.24. The van der Waals surface area contributed by atoms with Crippen molar-refractivity contribution >= 4 is 6.09 Å². The highest BCUT2D eigenvalue weighted by molar-refractivity contribution is 5.70. The summed E-state index contributed by atoms with van der Waals surface area (Å²) in [7, 11) is 4.28. The number of carbonyl (C=O) groups excluding carboxylic acids is 1. The highest BCUT2D eigenvalue weighted by Gasteiger charge is 2.30. The van der Waals surface area contributed by atoms with Gasteiger partial charge in [-0.15, -0.1) is 0 Å². The summed E-state index contributed by atoms with van der Waals surface area (Å²) < 4.78 is 10.1. The van der Waals surface area contributed by atoms with Crippen molar-refractivity contribution in [1.82, 2.24) is 15.4 Å². The van der Waals surface area contributed by atoms with E-state index in [-0.39, 0.29) is 11.9 Å². The van der Waals surface area contributed by atoms with E-state index in [0.717, 1.165) is 25.7 Å². The molecule has 0 aliphatic heterocycles. The van der Waals surface area contributed by atoms with E-state index >= 15 is 0 Å². The Kier molecular flexibility index (Phi) is 5.93. The summed E-state index contributed by atoms with van der Waals surface area (Å²) in [6, 6.07) is 12.8. The Morgan fingerprint density at radius 2 is 1.92 bits per heavy atom. The molecule has 1 unspecified atom stereocenters. The molecule has 26 heavy (non-hydrogen) atoms. The van der Waals surface area contributed by atoms with E-state index in [1.165, 1.54) is 5.56 Å². The van der Waals surface area contributed by atoms with Crippen LogP contribution in [-0.2, 0) is 0 Å². The Morgan fingerprint density at radius 1 is 1.23 bits per heavy atom. The van der Waals surface area contributed by atoms with Gasteiger partial charge in [-0.05, 0) is 63.3 Å². The molecular weight excluding hydrogens is 330 g/mol. The second kappa shape index (κ2) is 8.36. The van der Waals surface area contributed by atoms with E-state index in [0.29, 0.717) is 17.7 Å². The zero-order chi connectivity index (χ0) is 18.5. The van der Waals surface area contributed by atoms with Gasteiger partial charge in [0.15, 0.2) is 0 Å². The molecule has 1 aromatic carbocycles. The average molecular weight is 357 g/mol. The van der Waals surface area contributed by atoms with Crippen LogP contribution in [0.4, 0.5) is 4.79 Å². The first kappa shape index (κ1) is 18.5. The lowest BCUT2D eigenvalue weighted by molar-refractivity contribution is 0.150. The van der Waals surface area contributed by atoms with E-state index in [1.807, 2.05) is 0 Å². The van der Waals surface area contributed by atoms with Crippen molar-refractivity contribution < 1.29 is 14.1 Å². The summed E-state index contributed by atoms with van der Waals surface area (Å²) in [6.07, 6.45) is 3.59. The molecule has 6 heteroatoms. The summed E-state index contributed by atoms with van der Waals surface area (Å²) in [5, 5.41) is 6.62. The number of ether oxygens (including phenoxy) is 1. The van der Waals surface area contributed by atoms with Crippen molar-refractivity contribution in [2.75, 3.05) is 14.1 Å². The van der Waals surface area contributed by atoms with Gasteiger partial charge in [-0.25, -0.2) is 4.79 Å². The number of nitrogens with zero attached hydrogens (tertiary/aromatic N) is 2. The minimum Gasteiger partial charge on any atom is -0.388 e. The van der Waals surface area contributed by atoms with Crippen LogP contribution in [-0.4, -0.2) is 36.3 Å². The monoisotopic (exact) mass is 357 g/mol. The molecule has 3 rings (SSSR count). The number of hydrogen-bond donors (Lipinski definition) is 1. The Bertz CT molecular complexity index is 706. The maximum atomic E-state index is 12.0. The maximum absolute atomic E-state index is 12.0. The number of aromatic nitrogens is 1. The van der Waals surface area contributed by atoms with Crippen molar-refractivity contribution in [2.24, 2.45) is 5.92 Å². The summed E-state index contributed by atoms with van der Waals surface area (Å²) in [5.74, 6) is 1.40. The molecule has 1 saturated carbocycles. The number of amides is 1. The lowest BCUT2D eigenvalue weighted by atomic mass is 9.79. The van der Waals surface area contributed by atoms with E-state index < -0.39 is 6.09 Å². The normalized spacial score (nSPS) is 21.4.